The molecule has 0 aromatic heterocycles. The summed E-state index contributed by atoms with van der Waals surface area (Å²) in [6.07, 6.45) is 0.855. The van der Waals surface area contributed by atoms with Gasteiger partial charge in [0.05, 0.1) is 5.92 Å². The molecule has 5 nitrogen and oxygen atoms in total. The third-order valence-electron chi connectivity index (χ3n) is 2.13. The van der Waals surface area contributed by atoms with E-state index in [1.54, 1.807) is 0 Å². The molecule has 1 atom stereocenters. The predicted octanol–water partition coefficient (Wildman–Crippen LogP) is 1.81. The van der Waals surface area contributed by atoms with Crippen LogP contribution in [0.5, 0.6) is 0 Å². The molecule has 1 amide bonds. The number of carboxylic acids is 1. The minimum absolute atomic E-state index is 0.0341. The van der Waals surface area contributed by atoms with Crippen LogP contribution >= 0.6 is 0 Å². The van der Waals surface area contributed by atoms with Crippen LogP contribution in [0.25, 0.3) is 0 Å². The standard InChI is InChI=1S/C9H15NO4/c1-6(2)7(9(12)13)4-3-5-8(11)10-14/h6-7H,3-5H2,1-2H3,(H,12,13). The minimum atomic E-state index is -0.855. The fraction of sp³-hybridized carbons (Fsp3) is 0.778. The quantitative estimate of drug-likeness (QED) is 0.664. The summed E-state index contributed by atoms with van der Waals surface area (Å²) in [5.74, 6) is -1.98. The molecule has 0 aromatic carbocycles. The lowest BCUT2D eigenvalue weighted by Gasteiger charge is -2.14. The maximum Gasteiger partial charge on any atom is 0.306 e. The van der Waals surface area contributed by atoms with Crippen molar-refractivity contribution < 1.29 is 14.7 Å². The zero-order valence-electron chi connectivity index (χ0n) is 8.40. The number of aliphatic carboxylic acids is 1. The SMILES string of the molecule is CC(C)C(CCCC(=O)N=O)C(=O)O. The van der Waals surface area contributed by atoms with Gasteiger partial charge in [-0.2, -0.15) is 0 Å². The number of rotatable bonds is 6. The van der Waals surface area contributed by atoms with E-state index in [4.69, 9.17) is 5.11 Å². The third kappa shape index (κ3) is 4.69. The van der Waals surface area contributed by atoms with Crippen molar-refractivity contribution in [3.8, 4) is 0 Å². The molecular weight excluding hydrogens is 186 g/mol. The second kappa shape index (κ2) is 6.23. The van der Waals surface area contributed by atoms with Crippen molar-refractivity contribution >= 4 is 11.9 Å². The van der Waals surface area contributed by atoms with E-state index in [1.165, 1.54) is 0 Å². The Labute approximate surface area is 82.5 Å². The molecule has 0 saturated heterocycles. The molecule has 0 aliphatic heterocycles. The Bertz CT molecular complexity index is 225. The molecule has 14 heavy (non-hydrogen) atoms. The molecule has 0 saturated carbocycles. The molecule has 0 spiro atoms. The van der Waals surface area contributed by atoms with Crippen molar-refractivity contribution in [3.05, 3.63) is 4.91 Å². The highest BCUT2D eigenvalue weighted by molar-refractivity contribution is 5.76. The Morgan fingerprint density at radius 2 is 1.93 bits per heavy atom. The first-order valence-corrected chi connectivity index (χ1v) is 4.58. The lowest BCUT2D eigenvalue weighted by atomic mass is 9.91. The predicted molar refractivity (Wildman–Crippen MR) is 50.6 cm³/mol. The number of amides is 1. The maximum atomic E-state index is 10.7. The first-order valence-electron chi connectivity index (χ1n) is 4.58. The molecule has 0 aliphatic carbocycles. The van der Waals surface area contributed by atoms with E-state index >= 15 is 0 Å². The van der Waals surface area contributed by atoms with E-state index in [9.17, 15) is 14.5 Å². The van der Waals surface area contributed by atoms with Crippen LogP contribution in [0.2, 0.25) is 0 Å². The number of nitroso groups, excluding NO2 is 1. The fourth-order valence-corrected chi connectivity index (χ4v) is 1.26. The zero-order chi connectivity index (χ0) is 11.1. The van der Waals surface area contributed by atoms with Gasteiger partial charge in [0, 0.05) is 11.6 Å². The van der Waals surface area contributed by atoms with Gasteiger partial charge in [0.2, 0.25) is 0 Å². The highest BCUT2D eigenvalue weighted by atomic mass is 16.4. The van der Waals surface area contributed by atoms with Gasteiger partial charge < -0.3 is 5.11 Å². The average molecular weight is 201 g/mol. The van der Waals surface area contributed by atoms with Crippen molar-refractivity contribution in [1.29, 1.82) is 0 Å². The summed E-state index contributed by atoms with van der Waals surface area (Å²) in [5.41, 5.74) is 0. The Hall–Kier alpha value is -1.26. The van der Waals surface area contributed by atoms with Gasteiger partial charge in [0.1, 0.15) is 0 Å². The molecule has 0 aliphatic rings. The number of carbonyl (C=O) groups is 2. The van der Waals surface area contributed by atoms with Gasteiger partial charge in [-0.15, -0.1) is 4.91 Å². The number of hydrogen-bond acceptors (Lipinski definition) is 3. The van der Waals surface area contributed by atoms with Gasteiger partial charge >= 0.3 is 5.97 Å². The summed E-state index contributed by atoms with van der Waals surface area (Å²) in [6.45, 7) is 3.64. The highest BCUT2D eigenvalue weighted by Crippen LogP contribution is 2.18. The van der Waals surface area contributed by atoms with E-state index in [0.717, 1.165) is 0 Å². The van der Waals surface area contributed by atoms with Crippen molar-refractivity contribution in [1.82, 2.24) is 0 Å². The molecule has 5 heteroatoms. The van der Waals surface area contributed by atoms with Crippen molar-refractivity contribution in [3.63, 3.8) is 0 Å². The Kier molecular flexibility index (Phi) is 5.67. The molecule has 80 valence electrons. The number of nitrogens with zero attached hydrogens (tertiary/aromatic N) is 1. The van der Waals surface area contributed by atoms with Crippen molar-refractivity contribution in [2.75, 3.05) is 0 Å². The molecule has 1 unspecified atom stereocenters. The van der Waals surface area contributed by atoms with Crippen LogP contribution in [-0.4, -0.2) is 17.0 Å². The van der Waals surface area contributed by atoms with Gasteiger partial charge in [0.15, 0.2) is 0 Å². The van der Waals surface area contributed by atoms with Crippen LogP contribution in [0.4, 0.5) is 0 Å². The second-order valence-electron chi connectivity index (χ2n) is 3.57. The largest absolute Gasteiger partial charge is 0.481 e. The molecule has 0 bridgehead atoms. The first kappa shape index (κ1) is 12.7. The second-order valence-corrected chi connectivity index (χ2v) is 3.57. The Balaban J connectivity index is 3.89. The summed E-state index contributed by atoms with van der Waals surface area (Å²) < 4.78 is 0. The zero-order valence-corrected chi connectivity index (χ0v) is 8.40. The van der Waals surface area contributed by atoms with Crippen LogP contribution in [0, 0.1) is 16.7 Å². The van der Waals surface area contributed by atoms with E-state index in [-0.39, 0.29) is 12.3 Å². The lowest BCUT2D eigenvalue weighted by Crippen LogP contribution is -2.19. The molecule has 0 aromatic rings. The average Bonchev–Trinajstić information content (AvgIpc) is 2.10. The van der Waals surface area contributed by atoms with Crippen LogP contribution in [0.1, 0.15) is 33.1 Å². The van der Waals surface area contributed by atoms with Gasteiger partial charge in [-0.05, 0) is 18.8 Å². The summed E-state index contributed by atoms with van der Waals surface area (Å²) >= 11 is 0. The van der Waals surface area contributed by atoms with E-state index in [0.29, 0.717) is 12.8 Å². The summed E-state index contributed by atoms with van der Waals surface area (Å²) in [6, 6.07) is 0. The number of hydrogen-bond donors (Lipinski definition) is 1. The molecule has 0 fully saturated rings. The first-order chi connectivity index (χ1) is 6.49. The molecular formula is C9H15NO4. The molecule has 1 N–H and O–H groups in total. The topological polar surface area (TPSA) is 83.8 Å². The molecule has 0 heterocycles. The van der Waals surface area contributed by atoms with Gasteiger partial charge in [-0.25, -0.2) is 0 Å². The van der Waals surface area contributed by atoms with Crippen LogP contribution in [0.15, 0.2) is 5.18 Å². The van der Waals surface area contributed by atoms with Crippen molar-refractivity contribution in [2.24, 2.45) is 17.0 Å². The summed E-state index contributed by atoms with van der Waals surface area (Å²) in [5, 5.41) is 11.0. The van der Waals surface area contributed by atoms with Crippen LogP contribution in [-0.2, 0) is 9.59 Å². The monoisotopic (exact) mass is 201 g/mol. The number of carbonyl (C=O) groups excluding carboxylic acids is 1. The third-order valence-corrected chi connectivity index (χ3v) is 2.13. The molecule has 0 rings (SSSR count). The maximum absolute atomic E-state index is 10.7. The Morgan fingerprint density at radius 3 is 2.29 bits per heavy atom. The van der Waals surface area contributed by atoms with Crippen LogP contribution in [0.3, 0.4) is 0 Å². The lowest BCUT2D eigenvalue weighted by molar-refractivity contribution is -0.143. The molecule has 0 radical (unpaired) electrons. The normalized spacial score (nSPS) is 12.5. The summed E-state index contributed by atoms with van der Waals surface area (Å²) in [4.78, 5) is 31.0. The van der Waals surface area contributed by atoms with Gasteiger partial charge in [-0.1, -0.05) is 13.8 Å². The van der Waals surface area contributed by atoms with E-state index < -0.39 is 17.8 Å². The fourth-order valence-electron chi connectivity index (χ4n) is 1.26. The Morgan fingerprint density at radius 1 is 1.36 bits per heavy atom. The van der Waals surface area contributed by atoms with Crippen LogP contribution < -0.4 is 0 Å². The van der Waals surface area contributed by atoms with E-state index in [1.807, 2.05) is 13.8 Å². The van der Waals surface area contributed by atoms with Crippen molar-refractivity contribution in [2.45, 2.75) is 33.1 Å². The highest BCUT2D eigenvalue weighted by Gasteiger charge is 2.21. The van der Waals surface area contributed by atoms with Gasteiger partial charge in [-0.3, -0.25) is 9.59 Å². The van der Waals surface area contributed by atoms with E-state index in [2.05, 4.69) is 5.18 Å². The van der Waals surface area contributed by atoms with Gasteiger partial charge in [0.25, 0.3) is 5.91 Å². The number of carboxylic acid groups (broad SMARTS) is 1. The smallest absolute Gasteiger partial charge is 0.306 e. The summed E-state index contributed by atoms with van der Waals surface area (Å²) in [7, 11) is 0. The minimum Gasteiger partial charge on any atom is -0.481 e.